The third-order valence-electron chi connectivity index (χ3n) is 4.79. The van der Waals surface area contributed by atoms with Gasteiger partial charge in [-0.05, 0) is 42.1 Å². The first-order valence-corrected chi connectivity index (χ1v) is 9.81. The molecule has 1 saturated heterocycles. The molecule has 0 amide bonds. The highest BCUT2D eigenvalue weighted by atomic mass is 35.5. The van der Waals surface area contributed by atoms with E-state index in [1.165, 1.54) is 0 Å². The second-order valence-corrected chi connectivity index (χ2v) is 6.99. The number of para-hydroxylation sites is 1. The molecule has 3 rings (SSSR count). The average molecular weight is 476 g/mol. The van der Waals surface area contributed by atoms with Crippen LogP contribution in [-0.4, -0.2) is 63.4 Å². The molecule has 0 spiro atoms. The molecular formula is C22H29Cl3N2O3. The van der Waals surface area contributed by atoms with Crippen LogP contribution in [0.5, 0.6) is 17.2 Å². The minimum Gasteiger partial charge on any atom is -0.493 e. The Labute approximate surface area is 196 Å². The van der Waals surface area contributed by atoms with E-state index >= 15 is 0 Å². The minimum absolute atomic E-state index is 0. The summed E-state index contributed by atoms with van der Waals surface area (Å²) in [5.74, 6) is 2.24. The number of rotatable bonds is 8. The van der Waals surface area contributed by atoms with Gasteiger partial charge in [0.05, 0.1) is 19.2 Å². The summed E-state index contributed by atoms with van der Waals surface area (Å²) in [5, 5.41) is 0.660. The van der Waals surface area contributed by atoms with Crippen molar-refractivity contribution < 1.29 is 14.2 Å². The summed E-state index contributed by atoms with van der Waals surface area (Å²) < 4.78 is 16.4. The van der Waals surface area contributed by atoms with Crippen LogP contribution < -0.4 is 14.2 Å². The van der Waals surface area contributed by atoms with Crippen LogP contribution in [0.2, 0.25) is 5.02 Å². The standard InChI is InChI=1S/C22H27ClN2O3.2ClH/c1-26-21-8-7-18(17-22(21)27-2)9-10-24-11-13-25(14-12-24)15-16-28-20-6-4-3-5-19(20)23;;/h3-10,17H,11-16H2,1-2H3;2*1H. The van der Waals surface area contributed by atoms with Gasteiger partial charge in [0.25, 0.3) is 0 Å². The number of hydrogen-bond acceptors (Lipinski definition) is 5. The summed E-state index contributed by atoms with van der Waals surface area (Å²) in [5.41, 5.74) is 1.09. The van der Waals surface area contributed by atoms with Crippen molar-refractivity contribution in [3.05, 3.63) is 59.3 Å². The van der Waals surface area contributed by atoms with Gasteiger partial charge in [0.2, 0.25) is 0 Å². The Hall–Kier alpha value is -1.79. The first-order chi connectivity index (χ1) is 13.7. The van der Waals surface area contributed by atoms with E-state index in [1.54, 1.807) is 14.2 Å². The average Bonchev–Trinajstić information content (AvgIpc) is 2.74. The molecule has 0 N–H and O–H groups in total. The van der Waals surface area contributed by atoms with Crippen molar-refractivity contribution in [1.29, 1.82) is 0 Å². The molecule has 1 heterocycles. The molecule has 0 atom stereocenters. The number of ether oxygens (including phenoxy) is 3. The number of nitrogens with zero attached hydrogens (tertiary/aromatic N) is 2. The van der Waals surface area contributed by atoms with Crippen LogP contribution in [0.15, 0.2) is 48.7 Å². The van der Waals surface area contributed by atoms with E-state index in [9.17, 15) is 0 Å². The Balaban J connectivity index is 0.00000225. The fourth-order valence-corrected chi connectivity index (χ4v) is 3.32. The van der Waals surface area contributed by atoms with E-state index in [-0.39, 0.29) is 24.8 Å². The molecule has 2 aromatic carbocycles. The highest BCUT2D eigenvalue weighted by Crippen LogP contribution is 2.28. The van der Waals surface area contributed by atoms with Gasteiger partial charge in [-0.25, -0.2) is 0 Å². The minimum atomic E-state index is 0. The first kappa shape index (κ1) is 26.2. The lowest BCUT2D eigenvalue weighted by molar-refractivity contribution is 0.145. The molecule has 0 bridgehead atoms. The second-order valence-electron chi connectivity index (χ2n) is 6.59. The molecule has 1 fully saturated rings. The maximum atomic E-state index is 6.12. The van der Waals surface area contributed by atoms with Crippen molar-refractivity contribution in [2.45, 2.75) is 0 Å². The third kappa shape index (κ3) is 7.47. The summed E-state index contributed by atoms with van der Waals surface area (Å²) in [7, 11) is 3.30. The van der Waals surface area contributed by atoms with E-state index in [4.69, 9.17) is 25.8 Å². The zero-order valence-corrected chi connectivity index (χ0v) is 19.6. The number of hydrogen-bond donors (Lipinski definition) is 0. The maximum absolute atomic E-state index is 6.12. The quantitative estimate of drug-likeness (QED) is 0.544. The summed E-state index contributed by atoms with van der Waals surface area (Å²) >= 11 is 6.12. The van der Waals surface area contributed by atoms with Crippen LogP contribution in [0.3, 0.4) is 0 Å². The van der Waals surface area contributed by atoms with Gasteiger partial charge in [-0.2, -0.15) is 0 Å². The summed E-state index contributed by atoms with van der Waals surface area (Å²) in [6, 6.07) is 13.5. The first-order valence-electron chi connectivity index (χ1n) is 9.43. The van der Waals surface area contributed by atoms with Crippen molar-refractivity contribution in [3.63, 3.8) is 0 Å². The van der Waals surface area contributed by atoms with Crippen LogP contribution in [0.25, 0.3) is 6.08 Å². The van der Waals surface area contributed by atoms with Crippen LogP contribution in [0.4, 0.5) is 0 Å². The normalized spacial score (nSPS) is 14.0. The van der Waals surface area contributed by atoms with E-state index < -0.39 is 0 Å². The molecule has 8 heteroatoms. The Bertz CT molecular complexity index is 797. The van der Waals surface area contributed by atoms with Crippen LogP contribution in [0.1, 0.15) is 5.56 Å². The number of methoxy groups -OCH3 is 2. The Morgan fingerprint density at radius 3 is 2.27 bits per heavy atom. The summed E-state index contributed by atoms with van der Waals surface area (Å²) in [6.07, 6.45) is 4.26. The lowest BCUT2D eigenvalue weighted by Gasteiger charge is -2.34. The topological polar surface area (TPSA) is 34.2 Å². The predicted octanol–water partition coefficient (Wildman–Crippen LogP) is 4.87. The van der Waals surface area contributed by atoms with Crippen molar-refractivity contribution in [2.24, 2.45) is 0 Å². The van der Waals surface area contributed by atoms with Crippen molar-refractivity contribution >= 4 is 42.5 Å². The molecule has 1 aliphatic rings. The number of benzene rings is 2. The van der Waals surface area contributed by atoms with E-state index in [0.717, 1.165) is 55.5 Å². The molecule has 5 nitrogen and oxygen atoms in total. The van der Waals surface area contributed by atoms with E-state index in [0.29, 0.717) is 11.6 Å². The zero-order chi connectivity index (χ0) is 19.8. The molecule has 1 aliphatic heterocycles. The maximum Gasteiger partial charge on any atom is 0.161 e. The van der Waals surface area contributed by atoms with Crippen LogP contribution in [-0.2, 0) is 0 Å². The van der Waals surface area contributed by atoms with Crippen LogP contribution >= 0.6 is 36.4 Å². The second kappa shape index (κ2) is 13.5. The van der Waals surface area contributed by atoms with Crippen molar-refractivity contribution in [3.8, 4) is 17.2 Å². The molecule has 0 saturated carbocycles. The molecule has 0 radical (unpaired) electrons. The van der Waals surface area contributed by atoms with Gasteiger partial charge in [-0.3, -0.25) is 4.90 Å². The lowest BCUT2D eigenvalue weighted by Crippen LogP contribution is -2.45. The van der Waals surface area contributed by atoms with Gasteiger partial charge in [-0.1, -0.05) is 29.8 Å². The Morgan fingerprint density at radius 2 is 1.60 bits per heavy atom. The van der Waals surface area contributed by atoms with E-state index in [1.807, 2.05) is 42.5 Å². The summed E-state index contributed by atoms with van der Waals surface area (Å²) in [6.45, 7) is 5.57. The van der Waals surface area contributed by atoms with Gasteiger partial charge < -0.3 is 19.1 Å². The monoisotopic (exact) mass is 474 g/mol. The fraction of sp³-hybridized carbons (Fsp3) is 0.364. The van der Waals surface area contributed by atoms with Gasteiger partial charge >= 0.3 is 0 Å². The molecule has 0 aromatic heterocycles. The molecular weight excluding hydrogens is 447 g/mol. The van der Waals surface area contributed by atoms with E-state index in [2.05, 4.69) is 22.1 Å². The highest BCUT2D eigenvalue weighted by Gasteiger charge is 2.14. The molecule has 166 valence electrons. The third-order valence-corrected chi connectivity index (χ3v) is 5.11. The van der Waals surface area contributed by atoms with Crippen LogP contribution in [0, 0.1) is 0 Å². The largest absolute Gasteiger partial charge is 0.493 e. The van der Waals surface area contributed by atoms with Gasteiger partial charge in [0, 0.05) is 32.7 Å². The molecule has 0 unspecified atom stereocenters. The molecule has 30 heavy (non-hydrogen) atoms. The van der Waals surface area contributed by atoms with Gasteiger partial charge in [0.15, 0.2) is 11.5 Å². The van der Waals surface area contributed by atoms with Gasteiger partial charge in [-0.15, -0.1) is 24.8 Å². The SMILES string of the molecule is COc1ccc(C=CN2CCN(CCOc3ccccc3Cl)CC2)cc1OC.Cl.Cl. The smallest absolute Gasteiger partial charge is 0.161 e. The Kier molecular flexibility index (Phi) is 11.8. The van der Waals surface area contributed by atoms with Crippen molar-refractivity contribution in [2.75, 3.05) is 53.6 Å². The summed E-state index contributed by atoms with van der Waals surface area (Å²) in [4.78, 5) is 4.75. The number of piperazine rings is 1. The van der Waals surface area contributed by atoms with Crippen molar-refractivity contribution in [1.82, 2.24) is 9.80 Å². The van der Waals surface area contributed by atoms with Gasteiger partial charge in [0.1, 0.15) is 12.4 Å². The predicted molar refractivity (Wildman–Crippen MR) is 128 cm³/mol. The Morgan fingerprint density at radius 1 is 0.900 bits per heavy atom. The zero-order valence-electron chi connectivity index (χ0n) is 17.3. The number of halogens is 3. The highest BCUT2D eigenvalue weighted by molar-refractivity contribution is 6.32. The lowest BCUT2D eigenvalue weighted by atomic mass is 10.2. The molecule has 2 aromatic rings. The fourth-order valence-electron chi connectivity index (χ4n) is 3.13. The molecule has 0 aliphatic carbocycles.